The van der Waals surface area contributed by atoms with E-state index in [4.69, 9.17) is 14.5 Å². The number of hydrogen-bond donors (Lipinski definition) is 2. The van der Waals surface area contributed by atoms with Crippen LogP contribution in [0.4, 0.5) is 0 Å². The lowest BCUT2D eigenvalue weighted by Gasteiger charge is -2.19. The van der Waals surface area contributed by atoms with E-state index in [0.29, 0.717) is 18.4 Å². The van der Waals surface area contributed by atoms with Gasteiger partial charge in [-0.15, -0.1) is 0 Å². The first-order valence-electron chi connectivity index (χ1n) is 10.9. The van der Waals surface area contributed by atoms with Crippen LogP contribution < -0.4 is 20.1 Å². The van der Waals surface area contributed by atoms with Gasteiger partial charge in [0.25, 0.3) is 0 Å². The summed E-state index contributed by atoms with van der Waals surface area (Å²) in [6.45, 7) is 12.5. The van der Waals surface area contributed by atoms with E-state index >= 15 is 0 Å². The maximum Gasteiger partial charge on any atom is 0.191 e. The quantitative estimate of drug-likeness (QED) is 0.398. The van der Waals surface area contributed by atoms with E-state index < -0.39 is 0 Å². The van der Waals surface area contributed by atoms with Gasteiger partial charge in [-0.3, -0.25) is 0 Å². The zero-order chi connectivity index (χ0) is 20.9. The highest BCUT2D eigenvalue weighted by molar-refractivity contribution is 8.00. The van der Waals surface area contributed by atoms with E-state index in [2.05, 4.69) is 54.1 Å². The zero-order valence-electron chi connectivity index (χ0n) is 18.5. The van der Waals surface area contributed by atoms with Crippen LogP contribution in [0.3, 0.4) is 0 Å². The molecule has 0 aliphatic carbocycles. The molecule has 1 fully saturated rings. The molecule has 0 spiro atoms. The fourth-order valence-electron chi connectivity index (χ4n) is 3.28. The number of hydrogen-bond acceptors (Lipinski definition) is 5. The summed E-state index contributed by atoms with van der Waals surface area (Å²) >= 11 is 2.06. The molecular weight excluding hydrogens is 384 g/mol. The summed E-state index contributed by atoms with van der Waals surface area (Å²) in [5, 5.41) is 7.52. The molecule has 1 atom stereocenters. The van der Waals surface area contributed by atoms with Crippen LogP contribution in [0.1, 0.15) is 39.2 Å². The Labute approximate surface area is 180 Å². The van der Waals surface area contributed by atoms with E-state index in [1.165, 1.54) is 18.6 Å². The minimum absolute atomic E-state index is 0.600. The number of nitrogens with zero attached hydrogens (tertiary/aromatic N) is 2. The topological polar surface area (TPSA) is 58.1 Å². The Kier molecular flexibility index (Phi) is 11.1. The molecule has 0 saturated carbocycles. The molecule has 1 heterocycles. The molecule has 0 amide bonds. The minimum atomic E-state index is 0.600. The first kappa shape index (κ1) is 23.7. The highest BCUT2D eigenvalue weighted by atomic mass is 32.2. The molecule has 7 heteroatoms. The van der Waals surface area contributed by atoms with Gasteiger partial charge in [-0.1, -0.05) is 19.9 Å². The van der Waals surface area contributed by atoms with E-state index in [1.807, 2.05) is 12.1 Å². The number of rotatable bonds is 12. The number of thioether (sulfide) groups is 1. The average molecular weight is 423 g/mol. The molecule has 2 rings (SSSR count). The van der Waals surface area contributed by atoms with Crippen molar-refractivity contribution in [2.75, 3.05) is 52.2 Å². The van der Waals surface area contributed by atoms with Gasteiger partial charge in [0, 0.05) is 24.9 Å². The predicted octanol–water partition coefficient (Wildman–Crippen LogP) is 3.37. The fourth-order valence-corrected chi connectivity index (χ4v) is 4.48. The first-order valence-corrected chi connectivity index (χ1v) is 11.9. The lowest BCUT2D eigenvalue weighted by atomic mass is 10.2. The zero-order valence-corrected chi connectivity index (χ0v) is 19.3. The Morgan fingerprint density at radius 1 is 1.21 bits per heavy atom. The van der Waals surface area contributed by atoms with Gasteiger partial charge in [-0.05, 0) is 56.3 Å². The highest BCUT2D eigenvalue weighted by Crippen LogP contribution is 2.28. The van der Waals surface area contributed by atoms with Gasteiger partial charge < -0.3 is 25.0 Å². The second kappa shape index (κ2) is 13.6. The van der Waals surface area contributed by atoms with Crippen molar-refractivity contribution in [2.45, 2.75) is 45.4 Å². The SMILES string of the molecule is CCNC(=NCc1ccc(OCCN(CC)CC)c(OC)c1)NCC1CCCS1. The van der Waals surface area contributed by atoms with Gasteiger partial charge in [0.1, 0.15) is 6.61 Å². The third kappa shape index (κ3) is 8.34. The Bertz CT molecular complexity index is 617. The van der Waals surface area contributed by atoms with Gasteiger partial charge >= 0.3 is 0 Å². The molecule has 6 nitrogen and oxygen atoms in total. The third-order valence-electron chi connectivity index (χ3n) is 5.07. The lowest BCUT2D eigenvalue weighted by Crippen LogP contribution is -2.40. The maximum absolute atomic E-state index is 5.95. The summed E-state index contributed by atoms with van der Waals surface area (Å²) in [6.07, 6.45) is 2.62. The fraction of sp³-hybridized carbons (Fsp3) is 0.682. The number of likely N-dealkylation sites (N-methyl/N-ethyl adjacent to an activating group) is 1. The third-order valence-corrected chi connectivity index (χ3v) is 6.47. The average Bonchev–Trinajstić information content (AvgIpc) is 3.27. The van der Waals surface area contributed by atoms with Crippen molar-refractivity contribution in [3.05, 3.63) is 23.8 Å². The summed E-state index contributed by atoms with van der Waals surface area (Å²) < 4.78 is 11.5. The molecule has 0 aromatic heterocycles. The Morgan fingerprint density at radius 3 is 2.69 bits per heavy atom. The van der Waals surface area contributed by atoms with Crippen LogP contribution in [-0.2, 0) is 6.54 Å². The molecular formula is C22H38N4O2S. The smallest absolute Gasteiger partial charge is 0.191 e. The number of nitrogens with one attached hydrogen (secondary N) is 2. The monoisotopic (exact) mass is 422 g/mol. The van der Waals surface area contributed by atoms with Crippen LogP contribution in [0.2, 0.25) is 0 Å². The molecule has 0 bridgehead atoms. The number of methoxy groups -OCH3 is 1. The molecule has 1 aromatic rings. The van der Waals surface area contributed by atoms with Gasteiger partial charge in [-0.2, -0.15) is 11.8 Å². The number of guanidine groups is 1. The molecule has 1 unspecified atom stereocenters. The standard InChI is InChI=1S/C22H38N4O2S/c1-5-23-22(25-17-19-9-8-14-29-19)24-16-18-10-11-20(21(15-18)27-4)28-13-12-26(6-2)7-3/h10-11,15,19H,5-9,12-14,16-17H2,1-4H3,(H2,23,24,25). The maximum atomic E-state index is 5.95. The van der Waals surface area contributed by atoms with Crippen molar-refractivity contribution in [1.29, 1.82) is 0 Å². The Morgan fingerprint density at radius 2 is 2.03 bits per heavy atom. The predicted molar refractivity (Wildman–Crippen MR) is 125 cm³/mol. The van der Waals surface area contributed by atoms with Crippen LogP contribution in [0.25, 0.3) is 0 Å². The van der Waals surface area contributed by atoms with E-state index in [0.717, 1.165) is 55.7 Å². The van der Waals surface area contributed by atoms with Crippen molar-refractivity contribution in [3.63, 3.8) is 0 Å². The molecule has 1 aromatic carbocycles. The Hall–Kier alpha value is -1.60. The number of ether oxygens (including phenoxy) is 2. The Balaban J connectivity index is 1.91. The lowest BCUT2D eigenvalue weighted by molar-refractivity contribution is 0.217. The summed E-state index contributed by atoms with van der Waals surface area (Å²) in [5.41, 5.74) is 1.10. The molecule has 1 aliphatic heterocycles. The molecule has 0 radical (unpaired) electrons. The van der Waals surface area contributed by atoms with Crippen molar-refractivity contribution < 1.29 is 9.47 Å². The van der Waals surface area contributed by atoms with Crippen molar-refractivity contribution in [1.82, 2.24) is 15.5 Å². The molecule has 29 heavy (non-hydrogen) atoms. The minimum Gasteiger partial charge on any atom is -0.493 e. The highest BCUT2D eigenvalue weighted by Gasteiger charge is 2.15. The van der Waals surface area contributed by atoms with Gasteiger partial charge in [-0.25, -0.2) is 4.99 Å². The molecule has 164 valence electrons. The largest absolute Gasteiger partial charge is 0.493 e. The van der Waals surface area contributed by atoms with Crippen molar-refractivity contribution >= 4 is 17.7 Å². The normalized spacial score (nSPS) is 16.9. The van der Waals surface area contributed by atoms with E-state index in [-0.39, 0.29) is 0 Å². The van der Waals surface area contributed by atoms with E-state index in [1.54, 1.807) is 7.11 Å². The summed E-state index contributed by atoms with van der Waals surface area (Å²) in [5.74, 6) is 3.70. The number of aliphatic imine (C=N–C) groups is 1. The second-order valence-electron chi connectivity index (χ2n) is 7.07. The van der Waals surface area contributed by atoms with Crippen LogP contribution in [0.5, 0.6) is 11.5 Å². The van der Waals surface area contributed by atoms with E-state index in [9.17, 15) is 0 Å². The first-order chi connectivity index (χ1) is 14.2. The van der Waals surface area contributed by atoms with Crippen LogP contribution in [0.15, 0.2) is 23.2 Å². The second-order valence-corrected chi connectivity index (χ2v) is 8.48. The van der Waals surface area contributed by atoms with Crippen LogP contribution in [-0.4, -0.2) is 68.3 Å². The molecule has 1 aliphatic rings. The van der Waals surface area contributed by atoms with Gasteiger partial charge in [0.15, 0.2) is 17.5 Å². The van der Waals surface area contributed by atoms with Crippen molar-refractivity contribution in [3.8, 4) is 11.5 Å². The molecule has 2 N–H and O–H groups in total. The number of benzene rings is 1. The van der Waals surface area contributed by atoms with Gasteiger partial charge in [0.05, 0.1) is 13.7 Å². The van der Waals surface area contributed by atoms with Gasteiger partial charge in [0.2, 0.25) is 0 Å². The summed E-state index contributed by atoms with van der Waals surface area (Å²) in [4.78, 5) is 7.08. The van der Waals surface area contributed by atoms with Crippen LogP contribution in [0, 0.1) is 0 Å². The molecule has 1 saturated heterocycles. The summed E-state index contributed by atoms with van der Waals surface area (Å²) in [7, 11) is 1.69. The van der Waals surface area contributed by atoms with Crippen molar-refractivity contribution in [2.24, 2.45) is 4.99 Å². The van der Waals surface area contributed by atoms with Crippen LogP contribution >= 0.6 is 11.8 Å². The summed E-state index contributed by atoms with van der Waals surface area (Å²) in [6, 6.07) is 6.07.